The predicted octanol–water partition coefficient (Wildman–Crippen LogP) is 5.86. The van der Waals surface area contributed by atoms with E-state index in [4.69, 9.17) is 0 Å². The molecule has 3 amide bonds. The summed E-state index contributed by atoms with van der Waals surface area (Å²) in [5, 5.41) is 7.04. The van der Waals surface area contributed by atoms with Crippen molar-refractivity contribution in [3.63, 3.8) is 0 Å². The molecule has 0 spiro atoms. The maximum atomic E-state index is 13.7. The molecule has 10 heteroatoms. The number of nitrogens with zero attached hydrogens (tertiary/aromatic N) is 3. The minimum Gasteiger partial charge on any atom is -0.337 e. The summed E-state index contributed by atoms with van der Waals surface area (Å²) in [6, 6.07) is 5.74. The number of hydrogen-bond acceptors (Lipinski definition) is 7. The molecular formula is C27H30N4O3S3. The first kappa shape index (κ1) is 27.1. The summed E-state index contributed by atoms with van der Waals surface area (Å²) in [7, 11) is 0. The van der Waals surface area contributed by atoms with Crippen LogP contribution in [0.2, 0.25) is 0 Å². The fraction of sp³-hybridized carbons (Fsp3) is 0.333. The van der Waals surface area contributed by atoms with Gasteiger partial charge in [0.2, 0.25) is 5.91 Å². The third-order valence-corrected chi connectivity index (χ3v) is 9.22. The largest absolute Gasteiger partial charge is 0.337 e. The van der Waals surface area contributed by atoms with Crippen LogP contribution in [-0.2, 0) is 4.79 Å². The highest BCUT2D eigenvalue weighted by molar-refractivity contribution is 8.01. The van der Waals surface area contributed by atoms with Crippen LogP contribution in [0.4, 0.5) is 5.13 Å². The molecule has 1 aliphatic heterocycles. The molecule has 1 aromatic carbocycles. The SMILES string of the molecule is C=CC(=O)N1CCCN(C(=O)c2cc(Sc3cnc(NC(=O)c4ccsc4)s3)c(C)cc2C)C[C@H]1CC. The van der Waals surface area contributed by atoms with Crippen molar-refractivity contribution in [3.05, 3.63) is 70.1 Å². The maximum absolute atomic E-state index is 13.7. The molecular weight excluding hydrogens is 525 g/mol. The zero-order chi connectivity index (χ0) is 26.5. The standard InChI is InChI=1S/C27H30N4O3S3/c1-5-20-15-30(9-7-10-31(20)23(32)6-2)26(34)21-13-22(18(4)12-17(21)3)36-24-14-28-27(37-24)29-25(33)19-8-11-35-16-19/h6,8,11-14,16,20H,2,5,7,9-10,15H2,1,3-4H3,(H,28,29,33)/t20-/m1/s1. The lowest BCUT2D eigenvalue weighted by atomic mass is 10.0. The highest BCUT2D eigenvalue weighted by Gasteiger charge is 2.29. The molecule has 2 aromatic heterocycles. The van der Waals surface area contributed by atoms with Gasteiger partial charge in [-0.1, -0.05) is 42.7 Å². The lowest BCUT2D eigenvalue weighted by molar-refractivity contribution is -0.128. The van der Waals surface area contributed by atoms with Gasteiger partial charge in [0.15, 0.2) is 5.13 Å². The van der Waals surface area contributed by atoms with E-state index in [9.17, 15) is 14.4 Å². The van der Waals surface area contributed by atoms with E-state index >= 15 is 0 Å². The average molecular weight is 555 g/mol. The topological polar surface area (TPSA) is 82.6 Å². The van der Waals surface area contributed by atoms with Crippen LogP contribution in [0.1, 0.15) is 51.6 Å². The second-order valence-electron chi connectivity index (χ2n) is 8.89. The first-order valence-corrected chi connectivity index (χ1v) is 14.7. The number of anilines is 1. The summed E-state index contributed by atoms with van der Waals surface area (Å²) >= 11 is 4.41. The van der Waals surface area contributed by atoms with Gasteiger partial charge in [-0.25, -0.2) is 4.98 Å². The molecule has 4 rings (SSSR count). The Labute approximate surface area is 229 Å². The Kier molecular flexibility index (Phi) is 8.83. The molecule has 3 heterocycles. The third kappa shape index (κ3) is 6.31. The van der Waals surface area contributed by atoms with Crippen molar-refractivity contribution in [1.82, 2.24) is 14.8 Å². The molecule has 0 radical (unpaired) electrons. The number of rotatable bonds is 7. The number of benzene rings is 1. The van der Waals surface area contributed by atoms with Crippen molar-refractivity contribution >= 4 is 57.3 Å². The second-order valence-corrected chi connectivity index (χ2v) is 12.0. The minimum atomic E-state index is -0.178. The summed E-state index contributed by atoms with van der Waals surface area (Å²) in [6.45, 7) is 11.4. The van der Waals surface area contributed by atoms with Crippen molar-refractivity contribution in [2.75, 3.05) is 25.0 Å². The van der Waals surface area contributed by atoms with Crippen LogP contribution in [0.15, 0.2) is 56.9 Å². The van der Waals surface area contributed by atoms with E-state index in [0.717, 1.165) is 33.1 Å². The smallest absolute Gasteiger partial charge is 0.258 e. The number of carbonyl (C=O) groups excluding carboxylic acids is 3. The van der Waals surface area contributed by atoms with Crippen LogP contribution < -0.4 is 5.32 Å². The Hall–Kier alpha value is -2.95. The zero-order valence-electron chi connectivity index (χ0n) is 21.2. The Morgan fingerprint density at radius 3 is 2.76 bits per heavy atom. The molecule has 194 valence electrons. The number of amides is 3. The highest BCUT2D eigenvalue weighted by Crippen LogP contribution is 2.37. The average Bonchev–Trinajstić information content (AvgIpc) is 3.53. The van der Waals surface area contributed by atoms with Gasteiger partial charge >= 0.3 is 0 Å². The van der Waals surface area contributed by atoms with E-state index in [2.05, 4.69) is 16.9 Å². The molecule has 0 bridgehead atoms. The molecule has 7 nitrogen and oxygen atoms in total. The van der Waals surface area contributed by atoms with E-state index in [1.54, 1.807) is 17.6 Å². The first-order chi connectivity index (χ1) is 17.8. The molecule has 1 saturated heterocycles. The van der Waals surface area contributed by atoms with E-state index in [1.807, 2.05) is 48.1 Å². The summed E-state index contributed by atoms with van der Waals surface area (Å²) in [4.78, 5) is 47.4. The quantitative estimate of drug-likeness (QED) is 0.370. The van der Waals surface area contributed by atoms with Crippen molar-refractivity contribution in [2.24, 2.45) is 0 Å². The fourth-order valence-corrected chi connectivity index (χ4v) is 6.95. The lowest BCUT2D eigenvalue weighted by Crippen LogP contribution is -2.44. The van der Waals surface area contributed by atoms with Crippen LogP contribution in [0.25, 0.3) is 0 Å². The number of nitrogens with one attached hydrogen (secondary N) is 1. The van der Waals surface area contributed by atoms with E-state index in [0.29, 0.717) is 35.9 Å². The predicted molar refractivity (Wildman–Crippen MR) is 151 cm³/mol. The third-order valence-electron chi connectivity index (χ3n) is 6.37. The Balaban J connectivity index is 1.50. The van der Waals surface area contributed by atoms with Crippen molar-refractivity contribution in [3.8, 4) is 0 Å². The van der Waals surface area contributed by atoms with Gasteiger partial charge in [-0.15, -0.1) is 0 Å². The molecule has 37 heavy (non-hydrogen) atoms. The molecule has 1 fully saturated rings. The van der Waals surface area contributed by atoms with Gasteiger partial charge in [0.25, 0.3) is 11.8 Å². The molecule has 1 N–H and O–H groups in total. The summed E-state index contributed by atoms with van der Waals surface area (Å²) in [6.07, 6.45) is 4.60. The van der Waals surface area contributed by atoms with Crippen molar-refractivity contribution in [1.29, 1.82) is 0 Å². The number of thiazole rings is 1. The molecule has 1 aliphatic rings. The normalized spacial score (nSPS) is 15.8. The summed E-state index contributed by atoms with van der Waals surface area (Å²) in [5.74, 6) is -0.275. The number of carbonyl (C=O) groups is 3. The number of hydrogen-bond donors (Lipinski definition) is 1. The summed E-state index contributed by atoms with van der Waals surface area (Å²) in [5.41, 5.74) is 3.28. The number of aromatic nitrogens is 1. The van der Waals surface area contributed by atoms with Crippen LogP contribution in [-0.4, -0.2) is 58.2 Å². The van der Waals surface area contributed by atoms with Crippen molar-refractivity contribution < 1.29 is 14.4 Å². The molecule has 0 saturated carbocycles. The van der Waals surface area contributed by atoms with Crippen molar-refractivity contribution in [2.45, 2.75) is 48.8 Å². The maximum Gasteiger partial charge on any atom is 0.258 e. The molecule has 3 aromatic rings. The zero-order valence-corrected chi connectivity index (χ0v) is 23.6. The second kappa shape index (κ2) is 12.1. The van der Waals surface area contributed by atoms with Crippen LogP contribution in [0.5, 0.6) is 0 Å². The van der Waals surface area contributed by atoms with Gasteiger partial charge in [0.05, 0.1) is 16.0 Å². The van der Waals surface area contributed by atoms with Gasteiger partial charge in [0.1, 0.15) is 0 Å². The number of thiophene rings is 1. The van der Waals surface area contributed by atoms with E-state index in [-0.39, 0.29) is 23.8 Å². The Bertz CT molecular complexity index is 1300. The van der Waals surface area contributed by atoms with Gasteiger partial charge in [0, 0.05) is 41.5 Å². The van der Waals surface area contributed by atoms with Crippen LogP contribution >= 0.6 is 34.4 Å². The molecule has 0 unspecified atom stereocenters. The van der Waals surface area contributed by atoms with Gasteiger partial charge in [-0.05, 0) is 61.4 Å². The van der Waals surface area contributed by atoms with Gasteiger partial charge < -0.3 is 9.80 Å². The minimum absolute atomic E-state index is 0.0151. The van der Waals surface area contributed by atoms with Crippen LogP contribution in [0.3, 0.4) is 0 Å². The van der Waals surface area contributed by atoms with Gasteiger partial charge in [-0.3, -0.25) is 19.7 Å². The fourth-order valence-electron chi connectivity index (χ4n) is 4.38. The van der Waals surface area contributed by atoms with E-state index < -0.39 is 0 Å². The lowest BCUT2D eigenvalue weighted by Gasteiger charge is -2.30. The van der Waals surface area contributed by atoms with Crippen LogP contribution in [0, 0.1) is 13.8 Å². The molecule has 1 atom stereocenters. The number of aryl methyl sites for hydroxylation is 2. The highest BCUT2D eigenvalue weighted by atomic mass is 32.2. The van der Waals surface area contributed by atoms with Gasteiger partial charge in [-0.2, -0.15) is 11.3 Å². The summed E-state index contributed by atoms with van der Waals surface area (Å²) < 4.78 is 0.922. The molecule has 0 aliphatic carbocycles. The Morgan fingerprint density at radius 1 is 1.24 bits per heavy atom. The first-order valence-electron chi connectivity index (χ1n) is 12.1. The monoisotopic (exact) mass is 554 g/mol. The van der Waals surface area contributed by atoms with E-state index in [1.165, 1.54) is 40.5 Å². The Morgan fingerprint density at radius 2 is 2.05 bits per heavy atom.